The molecule has 0 unspecified atom stereocenters. The first-order valence-corrected chi connectivity index (χ1v) is 9.64. The van der Waals surface area contributed by atoms with Gasteiger partial charge in [-0.3, -0.25) is 9.48 Å². The van der Waals surface area contributed by atoms with Crippen LogP contribution in [0.1, 0.15) is 22.5 Å². The zero-order chi connectivity index (χ0) is 20.1. The number of benzene rings is 2. The van der Waals surface area contributed by atoms with Gasteiger partial charge >= 0.3 is 0 Å². The Labute approximate surface area is 171 Å². The maximum atomic E-state index is 13.1. The lowest BCUT2D eigenvalue weighted by atomic mass is 10.2. The Balaban J connectivity index is 1.57. The summed E-state index contributed by atoms with van der Waals surface area (Å²) in [6.07, 6.45) is 0. The van der Waals surface area contributed by atoms with Crippen LogP contribution in [0, 0.1) is 19.7 Å². The van der Waals surface area contributed by atoms with Gasteiger partial charge in [0.2, 0.25) is 0 Å². The maximum absolute atomic E-state index is 13.1. The molecule has 0 atom stereocenters. The lowest BCUT2D eigenvalue weighted by Gasteiger charge is -2.10. The number of hydrogen-bond acceptors (Lipinski definition) is 3. The van der Waals surface area contributed by atoms with Gasteiger partial charge < -0.3 is 10.1 Å². The van der Waals surface area contributed by atoms with Gasteiger partial charge in [0.15, 0.2) is 6.61 Å². The number of nitrogens with zero attached hydrogens (tertiary/aromatic N) is 2. The molecule has 2 aromatic carbocycles. The third-order valence-corrected chi connectivity index (χ3v) is 5.04. The number of amides is 1. The molecular formula is C21H21BrFN3O2. The third kappa shape index (κ3) is 4.98. The first-order valence-electron chi connectivity index (χ1n) is 8.85. The number of aryl methyl sites for hydroxylation is 1. The number of halogens is 2. The SMILES string of the molecule is Cc1nn(Cc2ccccc2)c(C)c1CNC(=O)COc1ccc(F)cc1Br. The van der Waals surface area contributed by atoms with Gasteiger partial charge in [-0.1, -0.05) is 30.3 Å². The standard InChI is InChI=1S/C21H21BrFN3O2/c1-14-18(15(2)26(25-14)12-16-6-4-3-5-7-16)11-24-21(27)13-28-20-9-8-17(23)10-19(20)22/h3-10H,11-13H2,1-2H3,(H,24,27). The molecule has 0 fully saturated rings. The van der Waals surface area contributed by atoms with Crippen LogP contribution in [0.2, 0.25) is 0 Å². The highest BCUT2D eigenvalue weighted by Gasteiger charge is 2.13. The van der Waals surface area contributed by atoms with E-state index >= 15 is 0 Å². The Morgan fingerprint density at radius 2 is 1.96 bits per heavy atom. The summed E-state index contributed by atoms with van der Waals surface area (Å²) in [6, 6.07) is 14.2. The van der Waals surface area contributed by atoms with E-state index in [4.69, 9.17) is 4.74 Å². The smallest absolute Gasteiger partial charge is 0.258 e. The molecule has 28 heavy (non-hydrogen) atoms. The number of carbonyl (C=O) groups excluding carboxylic acids is 1. The summed E-state index contributed by atoms with van der Waals surface area (Å²) in [7, 11) is 0. The number of aromatic nitrogens is 2. The van der Waals surface area contributed by atoms with Gasteiger partial charge in [-0.05, 0) is 53.5 Å². The van der Waals surface area contributed by atoms with Crippen LogP contribution in [0.3, 0.4) is 0 Å². The number of nitrogens with one attached hydrogen (secondary N) is 1. The second-order valence-corrected chi connectivity index (χ2v) is 7.29. The van der Waals surface area contributed by atoms with Gasteiger partial charge in [0.25, 0.3) is 5.91 Å². The number of hydrogen-bond donors (Lipinski definition) is 1. The molecule has 0 aliphatic carbocycles. The molecule has 0 aliphatic rings. The van der Waals surface area contributed by atoms with Gasteiger partial charge in [0, 0.05) is 17.8 Å². The van der Waals surface area contributed by atoms with Crippen molar-refractivity contribution in [1.82, 2.24) is 15.1 Å². The first kappa shape index (κ1) is 20.1. The molecule has 0 saturated carbocycles. The van der Waals surface area contributed by atoms with Crippen molar-refractivity contribution in [3.05, 3.63) is 81.3 Å². The van der Waals surface area contributed by atoms with Crippen LogP contribution in [0.5, 0.6) is 5.75 Å². The summed E-state index contributed by atoms with van der Waals surface area (Å²) in [5, 5.41) is 7.44. The van der Waals surface area contributed by atoms with E-state index in [1.165, 1.54) is 23.8 Å². The van der Waals surface area contributed by atoms with Crippen molar-refractivity contribution in [2.24, 2.45) is 0 Å². The van der Waals surface area contributed by atoms with Crippen LogP contribution in [0.25, 0.3) is 0 Å². The minimum atomic E-state index is -0.373. The molecule has 0 spiro atoms. The summed E-state index contributed by atoms with van der Waals surface area (Å²) in [6.45, 7) is 4.83. The molecule has 3 aromatic rings. The second-order valence-electron chi connectivity index (χ2n) is 6.43. The average Bonchev–Trinajstić information content (AvgIpc) is 2.93. The molecule has 0 saturated heterocycles. The van der Waals surface area contributed by atoms with Crippen molar-refractivity contribution in [2.45, 2.75) is 26.9 Å². The van der Waals surface area contributed by atoms with Crippen molar-refractivity contribution in [3.8, 4) is 5.75 Å². The van der Waals surface area contributed by atoms with E-state index in [0.29, 0.717) is 23.3 Å². The Morgan fingerprint density at radius 1 is 1.21 bits per heavy atom. The predicted octanol–water partition coefficient (Wildman–Crippen LogP) is 4.15. The number of carbonyl (C=O) groups is 1. The lowest BCUT2D eigenvalue weighted by molar-refractivity contribution is -0.123. The molecule has 146 valence electrons. The van der Waals surface area contributed by atoms with E-state index in [0.717, 1.165) is 17.0 Å². The fraction of sp³-hybridized carbons (Fsp3) is 0.238. The van der Waals surface area contributed by atoms with Crippen molar-refractivity contribution >= 4 is 21.8 Å². The van der Waals surface area contributed by atoms with E-state index < -0.39 is 0 Å². The van der Waals surface area contributed by atoms with E-state index in [2.05, 4.69) is 38.5 Å². The van der Waals surface area contributed by atoms with Gasteiger partial charge in [-0.2, -0.15) is 5.10 Å². The molecule has 0 radical (unpaired) electrons. The number of ether oxygens (including phenoxy) is 1. The van der Waals surface area contributed by atoms with Crippen molar-refractivity contribution < 1.29 is 13.9 Å². The Hall–Kier alpha value is -2.67. The van der Waals surface area contributed by atoms with Crippen LogP contribution in [0.15, 0.2) is 53.0 Å². The van der Waals surface area contributed by atoms with Crippen LogP contribution in [-0.2, 0) is 17.9 Å². The Kier molecular flexibility index (Phi) is 6.46. The molecule has 1 aromatic heterocycles. The Morgan fingerprint density at radius 3 is 2.68 bits per heavy atom. The minimum Gasteiger partial charge on any atom is -0.483 e. The molecule has 7 heteroatoms. The van der Waals surface area contributed by atoms with E-state index in [1.807, 2.05) is 36.7 Å². The minimum absolute atomic E-state index is 0.152. The van der Waals surface area contributed by atoms with Crippen LogP contribution >= 0.6 is 15.9 Å². The van der Waals surface area contributed by atoms with Crippen molar-refractivity contribution in [3.63, 3.8) is 0 Å². The van der Waals surface area contributed by atoms with Crippen LogP contribution < -0.4 is 10.1 Å². The van der Waals surface area contributed by atoms with Crippen molar-refractivity contribution in [2.75, 3.05) is 6.61 Å². The quantitative estimate of drug-likeness (QED) is 0.594. The zero-order valence-corrected chi connectivity index (χ0v) is 17.3. The maximum Gasteiger partial charge on any atom is 0.258 e. The summed E-state index contributed by atoms with van der Waals surface area (Å²) >= 11 is 3.21. The summed E-state index contributed by atoms with van der Waals surface area (Å²) < 4.78 is 20.9. The average molecular weight is 446 g/mol. The van der Waals surface area contributed by atoms with Gasteiger partial charge in [0.1, 0.15) is 11.6 Å². The molecule has 5 nitrogen and oxygen atoms in total. The van der Waals surface area contributed by atoms with E-state index in [-0.39, 0.29) is 18.3 Å². The molecule has 0 bridgehead atoms. The Bertz CT molecular complexity index is 973. The lowest BCUT2D eigenvalue weighted by Crippen LogP contribution is -2.28. The highest BCUT2D eigenvalue weighted by molar-refractivity contribution is 9.10. The molecule has 0 aliphatic heterocycles. The highest BCUT2D eigenvalue weighted by Crippen LogP contribution is 2.25. The van der Waals surface area contributed by atoms with Crippen LogP contribution in [0.4, 0.5) is 4.39 Å². The monoisotopic (exact) mass is 445 g/mol. The van der Waals surface area contributed by atoms with Crippen molar-refractivity contribution in [1.29, 1.82) is 0 Å². The fourth-order valence-corrected chi connectivity index (χ4v) is 3.34. The van der Waals surface area contributed by atoms with E-state index in [9.17, 15) is 9.18 Å². The third-order valence-electron chi connectivity index (χ3n) is 4.42. The molecule has 3 rings (SSSR count). The largest absolute Gasteiger partial charge is 0.483 e. The molecule has 1 heterocycles. The summed E-state index contributed by atoms with van der Waals surface area (Å²) in [5.41, 5.74) is 4.06. The highest BCUT2D eigenvalue weighted by atomic mass is 79.9. The van der Waals surface area contributed by atoms with Gasteiger partial charge in [0.05, 0.1) is 16.7 Å². The molecule has 1 amide bonds. The second kappa shape index (κ2) is 9.01. The summed E-state index contributed by atoms with van der Waals surface area (Å²) in [5.74, 6) is -0.215. The zero-order valence-electron chi connectivity index (χ0n) is 15.7. The number of rotatable bonds is 7. The molecular weight excluding hydrogens is 425 g/mol. The predicted molar refractivity (Wildman–Crippen MR) is 109 cm³/mol. The fourth-order valence-electron chi connectivity index (χ4n) is 2.87. The first-order chi connectivity index (χ1) is 13.4. The van der Waals surface area contributed by atoms with E-state index in [1.54, 1.807) is 0 Å². The van der Waals surface area contributed by atoms with Gasteiger partial charge in [-0.25, -0.2) is 4.39 Å². The van der Waals surface area contributed by atoms with Gasteiger partial charge in [-0.15, -0.1) is 0 Å². The normalized spacial score (nSPS) is 10.7. The topological polar surface area (TPSA) is 56.2 Å². The molecule has 1 N–H and O–H groups in total. The summed E-state index contributed by atoms with van der Waals surface area (Å²) in [4.78, 5) is 12.1. The van der Waals surface area contributed by atoms with Crippen LogP contribution in [-0.4, -0.2) is 22.3 Å².